The number of carbonyl (C=O) groups excluding carboxylic acids is 4. The number of carboxylic acid groups (broad SMARTS) is 2. The molecule has 2 unspecified atom stereocenters. The summed E-state index contributed by atoms with van der Waals surface area (Å²) in [4.78, 5) is 77.6. The van der Waals surface area contributed by atoms with Gasteiger partial charge in [-0.1, -0.05) is 0 Å². The molecule has 0 fully saturated rings. The highest BCUT2D eigenvalue weighted by Crippen LogP contribution is 2.43. The number of carbonyl (C=O) groups is 6. The third-order valence-electron chi connectivity index (χ3n) is 4.29. The summed E-state index contributed by atoms with van der Waals surface area (Å²) in [5.41, 5.74) is 11.1. The number of hydrogen-bond acceptors (Lipinski definition) is 15. The van der Waals surface area contributed by atoms with Gasteiger partial charge in [0, 0.05) is 26.7 Å². The van der Waals surface area contributed by atoms with Crippen molar-refractivity contribution >= 4 is 43.6 Å². The number of phosphoric ester groups is 1. The van der Waals surface area contributed by atoms with Gasteiger partial charge in [-0.15, -0.1) is 0 Å². The Hall–Kier alpha value is -3.15. The van der Waals surface area contributed by atoms with Gasteiger partial charge in [-0.2, -0.15) is 0 Å². The van der Waals surface area contributed by atoms with Gasteiger partial charge in [-0.05, 0) is 12.8 Å². The molecule has 0 aliphatic rings. The highest BCUT2D eigenvalue weighted by molar-refractivity contribution is 7.47. The number of phosphoric acid groups is 1. The lowest BCUT2D eigenvalue weighted by Gasteiger charge is -2.22. The fourth-order valence-corrected chi connectivity index (χ4v) is 3.18. The molecule has 0 saturated carbocycles. The molecule has 39 heavy (non-hydrogen) atoms. The van der Waals surface area contributed by atoms with Gasteiger partial charge in [0.15, 0.2) is 12.2 Å². The highest BCUT2D eigenvalue weighted by atomic mass is 31.2. The maximum absolute atomic E-state index is 12.3. The van der Waals surface area contributed by atoms with Crippen LogP contribution in [0.4, 0.5) is 0 Å². The molecule has 0 heterocycles. The Bertz CT molecular complexity index is 912. The Kier molecular flexibility index (Phi) is 16.7. The van der Waals surface area contributed by atoms with Crippen LogP contribution in [-0.2, 0) is 61.3 Å². The molecule has 0 bridgehead atoms. The van der Waals surface area contributed by atoms with E-state index < -0.39 is 107 Å². The van der Waals surface area contributed by atoms with Crippen LogP contribution in [0.15, 0.2) is 0 Å². The van der Waals surface area contributed by atoms with Crippen molar-refractivity contribution in [3.63, 3.8) is 0 Å². The molecule has 5 atom stereocenters. The number of ether oxygens (including phenoxy) is 4. The van der Waals surface area contributed by atoms with Crippen molar-refractivity contribution in [3.05, 3.63) is 0 Å². The van der Waals surface area contributed by atoms with Crippen LogP contribution in [-0.4, -0.2) is 102 Å². The molecule has 0 aromatic heterocycles. The van der Waals surface area contributed by atoms with Crippen LogP contribution >= 0.6 is 7.82 Å². The molecular weight excluding hydrogens is 555 g/mol. The first kappa shape index (κ1) is 35.9. The van der Waals surface area contributed by atoms with Crippen molar-refractivity contribution in [2.24, 2.45) is 11.5 Å². The van der Waals surface area contributed by atoms with Gasteiger partial charge in [0.1, 0.15) is 25.3 Å². The standard InChI is InChI=1S/C20H33N2O16P/c1-11(23)33-7-13(37-12(2)24)9-35-39(31,32)36-10-14(38-20(30)16(22)4-6-18(27)28)8-34-19(29)15(21)3-5-17(25)26/h13-16H,3-10,21-22H2,1-2H3,(H,25,26)(H,27,28)(H,31,32)/t13-,14?,15+,16+/m1/s1. The van der Waals surface area contributed by atoms with E-state index in [-0.39, 0.29) is 12.8 Å². The van der Waals surface area contributed by atoms with Crippen LogP contribution in [0.2, 0.25) is 0 Å². The lowest BCUT2D eigenvalue weighted by Crippen LogP contribution is -2.40. The fraction of sp³-hybridized carbons (Fsp3) is 0.700. The van der Waals surface area contributed by atoms with Gasteiger partial charge in [-0.25, -0.2) is 4.57 Å². The largest absolute Gasteiger partial charge is 0.481 e. The number of hydrogen-bond donors (Lipinski definition) is 5. The zero-order valence-electron chi connectivity index (χ0n) is 21.2. The number of carboxylic acids is 2. The average molecular weight is 588 g/mol. The monoisotopic (exact) mass is 588 g/mol. The third kappa shape index (κ3) is 18.7. The molecular formula is C20H33N2O16P. The van der Waals surface area contributed by atoms with E-state index in [1.807, 2.05) is 0 Å². The highest BCUT2D eigenvalue weighted by Gasteiger charge is 2.30. The van der Waals surface area contributed by atoms with E-state index in [0.29, 0.717) is 0 Å². The van der Waals surface area contributed by atoms with Crippen molar-refractivity contribution in [1.82, 2.24) is 0 Å². The average Bonchev–Trinajstić information content (AvgIpc) is 2.83. The first-order valence-electron chi connectivity index (χ1n) is 11.3. The van der Waals surface area contributed by atoms with E-state index >= 15 is 0 Å². The van der Waals surface area contributed by atoms with Gasteiger partial charge < -0.3 is 45.5 Å². The number of esters is 4. The first-order chi connectivity index (χ1) is 18.0. The fourth-order valence-electron chi connectivity index (χ4n) is 2.40. The normalized spacial score (nSPS) is 15.5. The molecule has 0 aromatic rings. The number of nitrogens with two attached hydrogens (primary N) is 2. The molecule has 0 saturated heterocycles. The van der Waals surface area contributed by atoms with Gasteiger partial charge in [0.2, 0.25) is 0 Å². The van der Waals surface area contributed by atoms with Gasteiger partial charge in [0.05, 0.1) is 13.2 Å². The van der Waals surface area contributed by atoms with E-state index in [9.17, 15) is 38.2 Å². The zero-order valence-corrected chi connectivity index (χ0v) is 22.1. The minimum absolute atomic E-state index is 0.272. The summed E-state index contributed by atoms with van der Waals surface area (Å²) >= 11 is 0. The van der Waals surface area contributed by atoms with Crippen molar-refractivity contribution in [3.8, 4) is 0 Å². The molecule has 0 aliphatic carbocycles. The molecule has 19 heteroatoms. The molecule has 0 radical (unpaired) electrons. The number of rotatable bonds is 20. The summed E-state index contributed by atoms with van der Waals surface area (Å²) in [6.07, 6.45) is -4.34. The van der Waals surface area contributed by atoms with Crippen LogP contribution in [0.25, 0.3) is 0 Å². The van der Waals surface area contributed by atoms with Crippen molar-refractivity contribution in [2.45, 2.75) is 63.8 Å². The van der Waals surface area contributed by atoms with Gasteiger partial charge in [0.25, 0.3) is 0 Å². The second-order valence-corrected chi connectivity index (χ2v) is 9.31. The maximum Gasteiger partial charge on any atom is 0.472 e. The minimum atomic E-state index is -4.93. The van der Waals surface area contributed by atoms with Crippen LogP contribution in [0.5, 0.6) is 0 Å². The van der Waals surface area contributed by atoms with Crippen LogP contribution in [0.1, 0.15) is 39.5 Å². The Morgan fingerprint density at radius 3 is 1.56 bits per heavy atom. The second kappa shape index (κ2) is 18.2. The summed E-state index contributed by atoms with van der Waals surface area (Å²) in [5, 5.41) is 17.4. The molecule has 224 valence electrons. The van der Waals surface area contributed by atoms with Crippen LogP contribution < -0.4 is 11.5 Å². The Morgan fingerprint density at radius 1 is 0.692 bits per heavy atom. The summed E-state index contributed by atoms with van der Waals surface area (Å²) in [5.74, 6) is -6.21. The SMILES string of the molecule is CC(=O)OC[C@H](COP(=O)(O)OCC(COC(=O)[C@@H](N)CCC(=O)O)OC(=O)[C@@H](N)CCC(=O)O)OC(C)=O. The first-order valence-corrected chi connectivity index (χ1v) is 12.8. The Balaban J connectivity index is 5.24. The van der Waals surface area contributed by atoms with Gasteiger partial charge in [-0.3, -0.25) is 37.8 Å². The van der Waals surface area contributed by atoms with Crippen molar-refractivity contribution in [1.29, 1.82) is 0 Å². The van der Waals surface area contributed by atoms with Crippen LogP contribution in [0, 0.1) is 0 Å². The summed E-state index contributed by atoms with van der Waals surface area (Å²) in [6, 6.07) is -2.76. The van der Waals surface area contributed by atoms with E-state index in [2.05, 4.69) is 4.74 Å². The smallest absolute Gasteiger partial charge is 0.472 e. The summed E-state index contributed by atoms with van der Waals surface area (Å²) in [6.45, 7) is -0.831. The molecule has 0 aliphatic heterocycles. The van der Waals surface area contributed by atoms with Gasteiger partial charge >= 0.3 is 43.6 Å². The molecule has 0 rings (SSSR count). The van der Waals surface area contributed by atoms with E-state index in [1.54, 1.807) is 0 Å². The zero-order chi connectivity index (χ0) is 30.2. The lowest BCUT2D eigenvalue weighted by atomic mass is 10.1. The minimum Gasteiger partial charge on any atom is -0.481 e. The lowest BCUT2D eigenvalue weighted by molar-refractivity contribution is -0.163. The summed E-state index contributed by atoms with van der Waals surface area (Å²) in [7, 11) is -4.93. The van der Waals surface area contributed by atoms with Crippen LogP contribution in [0.3, 0.4) is 0 Å². The van der Waals surface area contributed by atoms with Crippen molar-refractivity contribution in [2.75, 3.05) is 26.4 Å². The second-order valence-electron chi connectivity index (χ2n) is 7.86. The third-order valence-corrected chi connectivity index (χ3v) is 5.24. The maximum atomic E-state index is 12.3. The Morgan fingerprint density at radius 2 is 1.13 bits per heavy atom. The molecule has 0 amide bonds. The molecule has 18 nitrogen and oxygen atoms in total. The topological polar surface area (TPSA) is 288 Å². The predicted molar refractivity (Wildman–Crippen MR) is 124 cm³/mol. The van der Waals surface area contributed by atoms with Crippen molar-refractivity contribution < 1.29 is 76.4 Å². The molecule has 0 spiro atoms. The predicted octanol–water partition coefficient (Wildman–Crippen LogP) is -1.55. The Labute approximate surface area is 222 Å². The molecule has 7 N–H and O–H groups in total. The summed E-state index contributed by atoms with van der Waals surface area (Å²) < 4.78 is 41.1. The number of aliphatic carboxylic acids is 2. The van der Waals surface area contributed by atoms with E-state index in [1.165, 1.54) is 0 Å². The quantitative estimate of drug-likeness (QED) is 0.0611. The molecule has 0 aromatic carbocycles. The van der Waals surface area contributed by atoms with E-state index in [4.69, 9.17) is 44.9 Å². The van der Waals surface area contributed by atoms with E-state index in [0.717, 1.165) is 13.8 Å².